The molecule has 0 atom stereocenters. The van der Waals surface area contributed by atoms with Crippen LogP contribution in [0, 0.1) is 0 Å². The van der Waals surface area contributed by atoms with Crippen molar-refractivity contribution in [3.63, 3.8) is 0 Å². The molecule has 5 heteroatoms. The highest BCUT2D eigenvalue weighted by molar-refractivity contribution is 5.60. The van der Waals surface area contributed by atoms with Crippen molar-refractivity contribution in [3.05, 3.63) is 23.8 Å². The second-order valence-electron chi connectivity index (χ2n) is 6.35. The summed E-state index contributed by atoms with van der Waals surface area (Å²) in [7, 11) is 0. The molecule has 0 amide bonds. The highest BCUT2D eigenvalue weighted by Crippen LogP contribution is 2.30. The number of piperazine rings is 1. The van der Waals surface area contributed by atoms with Crippen LogP contribution in [0.15, 0.2) is 18.2 Å². The molecule has 0 spiro atoms. The first-order valence-electron chi connectivity index (χ1n) is 9.01. The molecule has 0 aliphatic carbocycles. The van der Waals surface area contributed by atoms with E-state index in [1.54, 1.807) is 0 Å². The van der Waals surface area contributed by atoms with Gasteiger partial charge in [0.05, 0.1) is 12.3 Å². The molecule has 1 aromatic rings. The van der Waals surface area contributed by atoms with E-state index < -0.39 is 0 Å². The largest absolute Gasteiger partial charge is 0.492 e. The normalized spacial score (nSPS) is 20.3. The van der Waals surface area contributed by atoms with Crippen LogP contribution in [-0.2, 0) is 6.54 Å². The predicted octanol–water partition coefficient (Wildman–Crippen LogP) is 1.29. The van der Waals surface area contributed by atoms with E-state index in [0.717, 1.165) is 64.7 Å². The molecule has 1 aromatic carbocycles. The van der Waals surface area contributed by atoms with Gasteiger partial charge in [-0.05, 0) is 44.1 Å². The molecule has 2 N–H and O–H groups in total. The van der Waals surface area contributed by atoms with Crippen molar-refractivity contribution in [1.82, 2.24) is 15.5 Å². The monoisotopic (exact) mass is 318 g/mol. The van der Waals surface area contributed by atoms with Gasteiger partial charge in [-0.25, -0.2) is 0 Å². The summed E-state index contributed by atoms with van der Waals surface area (Å²) < 4.78 is 5.95. The average molecular weight is 318 g/mol. The fourth-order valence-electron chi connectivity index (χ4n) is 3.41. The van der Waals surface area contributed by atoms with E-state index in [9.17, 15) is 0 Å². The first-order valence-corrected chi connectivity index (χ1v) is 9.01. The van der Waals surface area contributed by atoms with Crippen LogP contribution in [0.2, 0.25) is 0 Å². The number of benzene rings is 1. The van der Waals surface area contributed by atoms with Crippen molar-refractivity contribution in [2.24, 2.45) is 0 Å². The molecule has 3 rings (SSSR count). The van der Waals surface area contributed by atoms with E-state index in [1.807, 2.05) is 0 Å². The van der Waals surface area contributed by atoms with E-state index in [2.05, 4.69) is 45.6 Å². The zero-order valence-corrected chi connectivity index (χ0v) is 14.3. The lowest BCUT2D eigenvalue weighted by atomic mass is 10.1. The molecule has 0 bridgehead atoms. The molecule has 2 aliphatic rings. The summed E-state index contributed by atoms with van der Waals surface area (Å²) in [6.07, 6.45) is 1.23. The summed E-state index contributed by atoms with van der Waals surface area (Å²) in [4.78, 5) is 4.97. The second-order valence-corrected chi connectivity index (χ2v) is 6.35. The third-order valence-corrected chi connectivity index (χ3v) is 4.62. The van der Waals surface area contributed by atoms with Gasteiger partial charge in [0.25, 0.3) is 0 Å². The number of nitrogens with one attached hydrogen (secondary N) is 2. The van der Waals surface area contributed by atoms with Crippen LogP contribution >= 0.6 is 0 Å². The Morgan fingerprint density at radius 1 is 1.00 bits per heavy atom. The molecular weight excluding hydrogens is 288 g/mol. The van der Waals surface area contributed by atoms with Crippen LogP contribution in [0.5, 0.6) is 5.75 Å². The smallest absolute Gasteiger partial charge is 0.142 e. The van der Waals surface area contributed by atoms with Gasteiger partial charge in [0.2, 0.25) is 0 Å². The minimum Gasteiger partial charge on any atom is -0.492 e. The van der Waals surface area contributed by atoms with Gasteiger partial charge < -0.3 is 20.3 Å². The molecule has 2 heterocycles. The van der Waals surface area contributed by atoms with Gasteiger partial charge in [-0.2, -0.15) is 0 Å². The van der Waals surface area contributed by atoms with Crippen molar-refractivity contribution < 1.29 is 4.74 Å². The maximum absolute atomic E-state index is 5.95. The summed E-state index contributed by atoms with van der Waals surface area (Å²) in [5.41, 5.74) is 2.60. The van der Waals surface area contributed by atoms with Crippen LogP contribution in [0.1, 0.15) is 18.9 Å². The van der Waals surface area contributed by atoms with Crippen molar-refractivity contribution in [2.45, 2.75) is 19.9 Å². The molecular formula is C18H30N4O. The van der Waals surface area contributed by atoms with Crippen molar-refractivity contribution >= 4 is 5.69 Å². The zero-order valence-electron chi connectivity index (χ0n) is 14.3. The van der Waals surface area contributed by atoms with Gasteiger partial charge >= 0.3 is 0 Å². The molecule has 5 nitrogen and oxygen atoms in total. The maximum Gasteiger partial charge on any atom is 0.142 e. The van der Waals surface area contributed by atoms with E-state index in [-0.39, 0.29) is 0 Å². The lowest BCUT2D eigenvalue weighted by Gasteiger charge is -2.31. The number of hydrogen-bond donors (Lipinski definition) is 2. The topological polar surface area (TPSA) is 39.8 Å². The van der Waals surface area contributed by atoms with E-state index in [4.69, 9.17) is 4.74 Å². The molecule has 0 aromatic heterocycles. The summed E-state index contributed by atoms with van der Waals surface area (Å²) in [6, 6.07) is 6.78. The maximum atomic E-state index is 5.95. The lowest BCUT2D eigenvalue weighted by molar-refractivity contribution is 0.283. The van der Waals surface area contributed by atoms with Gasteiger partial charge in [0, 0.05) is 45.8 Å². The van der Waals surface area contributed by atoms with Crippen LogP contribution in [0.4, 0.5) is 5.69 Å². The molecule has 23 heavy (non-hydrogen) atoms. The number of rotatable bonds is 5. The quantitative estimate of drug-likeness (QED) is 0.856. The van der Waals surface area contributed by atoms with Crippen LogP contribution in [-0.4, -0.2) is 63.9 Å². The van der Waals surface area contributed by atoms with Gasteiger partial charge in [0.1, 0.15) is 5.75 Å². The van der Waals surface area contributed by atoms with Crippen LogP contribution in [0.3, 0.4) is 0 Å². The Hall–Kier alpha value is -1.30. The van der Waals surface area contributed by atoms with Gasteiger partial charge in [-0.15, -0.1) is 0 Å². The molecule has 0 unspecified atom stereocenters. The van der Waals surface area contributed by atoms with Crippen LogP contribution in [0.25, 0.3) is 0 Å². The first kappa shape index (κ1) is 16.6. The van der Waals surface area contributed by atoms with Crippen LogP contribution < -0.4 is 20.3 Å². The van der Waals surface area contributed by atoms with Gasteiger partial charge in [-0.3, -0.25) is 4.90 Å². The Morgan fingerprint density at radius 2 is 1.78 bits per heavy atom. The number of ether oxygens (including phenoxy) is 1. The third-order valence-electron chi connectivity index (χ3n) is 4.62. The number of hydrogen-bond acceptors (Lipinski definition) is 5. The van der Waals surface area contributed by atoms with Crippen molar-refractivity contribution in [3.8, 4) is 5.75 Å². The SMILES string of the molecule is CCOc1cc(CN2CCCNCC2)ccc1N1CCNCC1. The number of anilines is 1. The van der Waals surface area contributed by atoms with Crippen molar-refractivity contribution in [1.29, 1.82) is 0 Å². The Morgan fingerprint density at radius 3 is 2.61 bits per heavy atom. The zero-order chi connectivity index (χ0) is 15.9. The Labute approximate surface area is 140 Å². The predicted molar refractivity (Wildman–Crippen MR) is 95.5 cm³/mol. The van der Waals surface area contributed by atoms with Gasteiger partial charge in [-0.1, -0.05) is 6.07 Å². The minimum atomic E-state index is 0.718. The van der Waals surface area contributed by atoms with E-state index in [0.29, 0.717) is 0 Å². The number of nitrogens with zero attached hydrogens (tertiary/aromatic N) is 2. The molecule has 2 aliphatic heterocycles. The highest BCUT2D eigenvalue weighted by Gasteiger charge is 2.16. The summed E-state index contributed by atoms with van der Waals surface area (Å²) in [5, 5.41) is 6.88. The summed E-state index contributed by atoms with van der Waals surface area (Å²) in [6.45, 7) is 12.5. The standard InChI is InChI=1S/C18H30N4O/c1-2-23-18-14-16(15-21-10-3-6-19-7-11-21)4-5-17(18)22-12-8-20-9-13-22/h4-5,14,19-20H,2-3,6-13,15H2,1H3. The molecule has 0 saturated carbocycles. The first-order chi connectivity index (χ1) is 11.4. The third kappa shape index (κ3) is 4.59. The molecule has 0 radical (unpaired) electrons. The van der Waals surface area contributed by atoms with Crippen molar-refractivity contribution in [2.75, 3.05) is 63.9 Å². The fourth-order valence-corrected chi connectivity index (χ4v) is 3.41. The Kier molecular flexibility index (Phi) is 6.13. The molecule has 2 saturated heterocycles. The molecule has 2 fully saturated rings. The Balaban J connectivity index is 1.72. The lowest BCUT2D eigenvalue weighted by Crippen LogP contribution is -2.43. The van der Waals surface area contributed by atoms with E-state index >= 15 is 0 Å². The Bertz CT molecular complexity index is 480. The molecule has 128 valence electrons. The average Bonchev–Trinajstić information content (AvgIpc) is 2.85. The van der Waals surface area contributed by atoms with E-state index in [1.165, 1.54) is 24.2 Å². The minimum absolute atomic E-state index is 0.718. The summed E-state index contributed by atoms with van der Waals surface area (Å²) >= 11 is 0. The fraction of sp³-hybridized carbons (Fsp3) is 0.667. The second kappa shape index (κ2) is 8.52. The van der Waals surface area contributed by atoms with Gasteiger partial charge in [0.15, 0.2) is 0 Å². The highest BCUT2D eigenvalue weighted by atomic mass is 16.5. The summed E-state index contributed by atoms with van der Waals surface area (Å²) in [5.74, 6) is 1.04.